The Bertz CT molecular complexity index is 189. The van der Waals surface area contributed by atoms with Gasteiger partial charge in [0.1, 0.15) is 0 Å². The maximum absolute atomic E-state index is 3.80. The predicted octanol–water partition coefficient (Wildman–Crippen LogP) is 3.44. The van der Waals surface area contributed by atoms with Crippen molar-refractivity contribution in [3.05, 3.63) is 0 Å². The molecule has 0 radical (unpaired) electrons. The molecule has 2 aliphatic rings. The highest BCUT2D eigenvalue weighted by molar-refractivity contribution is 8.00. The van der Waals surface area contributed by atoms with Gasteiger partial charge in [0, 0.05) is 17.3 Å². The first-order valence-corrected chi connectivity index (χ1v) is 7.77. The van der Waals surface area contributed by atoms with E-state index in [2.05, 4.69) is 30.3 Å². The summed E-state index contributed by atoms with van der Waals surface area (Å²) in [5.74, 6) is 0.962. The summed E-state index contributed by atoms with van der Waals surface area (Å²) in [5.41, 5.74) is 0. The molecular weight excluding hydrogens is 202 g/mol. The fraction of sp³-hybridized carbons (Fsp3) is 1.00. The Labute approximate surface area is 98.8 Å². The molecule has 0 aromatic rings. The quantitative estimate of drug-likeness (QED) is 0.772. The average molecular weight is 227 g/mol. The Balaban J connectivity index is 1.72. The van der Waals surface area contributed by atoms with Gasteiger partial charge in [0.25, 0.3) is 0 Å². The van der Waals surface area contributed by atoms with Crippen LogP contribution in [0, 0.1) is 5.92 Å². The van der Waals surface area contributed by atoms with Crippen molar-refractivity contribution in [2.45, 2.75) is 62.7 Å². The standard InChI is InChI=1S/C13H25NS/c1-11(12-6-3-4-7-12)14-10-13(15-2)8-5-9-13/h11-12,14H,3-10H2,1-2H3. The van der Waals surface area contributed by atoms with Gasteiger partial charge in [-0.3, -0.25) is 0 Å². The lowest BCUT2D eigenvalue weighted by Gasteiger charge is -2.41. The van der Waals surface area contributed by atoms with Gasteiger partial charge < -0.3 is 5.32 Å². The molecule has 0 aromatic carbocycles. The number of nitrogens with one attached hydrogen (secondary N) is 1. The molecule has 88 valence electrons. The van der Waals surface area contributed by atoms with E-state index in [1.54, 1.807) is 0 Å². The highest BCUT2D eigenvalue weighted by Gasteiger charge is 2.36. The van der Waals surface area contributed by atoms with E-state index in [9.17, 15) is 0 Å². The zero-order chi connectivity index (χ0) is 10.7. The molecule has 2 fully saturated rings. The normalized spacial score (nSPS) is 27.6. The van der Waals surface area contributed by atoms with Gasteiger partial charge in [-0.05, 0) is 44.8 Å². The van der Waals surface area contributed by atoms with Crippen molar-refractivity contribution in [2.75, 3.05) is 12.8 Å². The zero-order valence-corrected chi connectivity index (χ0v) is 11.0. The Hall–Kier alpha value is 0.310. The van der Waals surface area contributed by atoms with Gasteiger partial charge in [-0.2, -0.15) is 11.8 Å². The molecule has 2 aliphatic carbocycles. The fourth-order valence-corrected chi connectivity index (χ4v) is 3.92. The van der Waals surface area contributed by atoms with E-state index in [1.165, 1.54) is 51.5 Å². The molecule has 0 saturated heterocycles. The lowest BCUT2D eigenvalue weighted by molar-refractivity contribution is 0.303. The molecule has 2 heteroatoms. The molecule has 2 rings (SSSR count). The molecule has 0 spiro atoms. The van der Waals surface area contributed by atoms with Crippen molar-refractivity contribution in [3.63, 3.8) is 0 Å². The maximum atomic E-state index is 3.80. The largest absolute Gasteiger partial charge is 0.313 e. The van der Waals surface area contributed by atoms with Gasteiger partial charge in [0.2, 0.25) is 0 Å². The summed E-state index contributed by atoms with van der Waals surface area (Å²) in [5, 5.41) is 3.80. The summed E-state index contributed by atoms with van der Waals surface area (Å²) in [6.07, 6.45) is 12.4. The minimum atomic E-state index is 0.604. The van der Waals surface area contributed by atoms with E-state index in [0.29, 0.717) is 4.75 Å². The third kappa shape index (κ3) is 2.71. The SMILES string of the molecule is CSC1(CNC(C)C2CCCC2)CCC1. The summed E-state index contributed by atoms with van der Waals surface area (Å²) in [6, 6.07) is 0.747. The van der Waals surface area contributed by atoms with Gasteiger partial charge >= 0.3 is 0 Å². The third-order valence-electron chi connectivity index (χ3n) is 4.55. The van der Waals surface area contributed by atoms with Crippen molar-refractivity contribution in [3.8, 4) is 0 Å². The van der Waals surface area contributed by atoms with Crippen molar-refractivity contribution >= 4 is 11.8 Å². The third-order valence-corrected chi connectivity index (χ3v) is 5.97. The Kier molecular flexibility index (Phi) is 4.00. The van der Waals surface area contributed by atoms with Crippen LogP contribution in [0.5, 0.6) is 0 Å². The predicted molar refractivity (Wildman–Crippen MR) is 69.5 cm³/mol. The monoisotopic (exact) mass is 227 g/mol. The lowest BCUT2D eigenvalue weighted by atomic mass is 9.83. The van der Waals surface area contributed by atoms with Crippen molar-refractivity contribution in [1.82, 2.24) is 5.32 Å². The second-order valence-corrected chi connectivity index (χ2v) is 6.73. The Morgan fingerprint density at radius 3 is 2.40 bits per heavy atom. The first-order chi connectivity index (χ1) is 7.26. The highest BCUT2D eigenvalue weighted by Crippen LogP contribution is 2.42. The van der Waals surface area contributed by atoms with E-state index in [4.69, 9.17) is 0 Å². The highest BCUT2D eigenvalue weighted by atomic mass is 32.2. The van der Waals surface area contributed by atoms with Gasteiger partial charge in [0.15, 0.2) is 0 Å². The van der Waals surface area contributed by atoms with E-state index in [0.717, 1.165) is 12.0 Å². The fourth-order valence-electron chi connectivity index (χ4n) is 3.00. The number of hydrogen-bond donors (Lipinski definition) is 1. The number of hydrogen-bond acceptors (Lipinski definition) is 2. The second kappa shape index (κ2) is 5.09. The summed E-state index contributed by atoms with van der Waals surface area (Å²) in [4.78, 5) is 0. The molecule has 0 bridgehead atoms. The van der Waals surface area contributed by atoms with Gasteiger partial charge in [0.05, 0.1) is 0 Å². The van der Waals surface area contributed by atoms with Crippen LogP contribution in [-0.2, 0) is 0 Å². The van der Waals surface area contributed by atoms with E-state index >= 15 is 0 Å². The maximum Gasteiger partial charge on any atom is 0.0281 e. The summed E-state index contributed by atoms with van der Waals surface area (Å²) in [7, 11) is 0. The van der Waals surface area contributed by atoms with Crippen LogP contribution >= 0.6 is 11.8 Å². The lowest BCUT2D eigenvalue weighted by Crippen LogP contribution is -2.47. The first-order valence-electron chi connectivity index (χ1n) is 6.54. The minimum absolute atomic E-state index is 0.604. The summed E-state index contributed by atoms with van der Waals surface area (Å²) >= 11 is 2.08. The van der Waals surface area contributed by atoms with Crippen LogP contribution in [0.15, 0.2) is 0 Å². The van der Waals surface area contributed by atoms with E-state index in [1.807, 2.05) is 0 Å². The van der Waals surface area contributed by atoms with Crippen LogP contribution in [0.3, 0.4) is 0 Å². The Morgan fingerprint density at radius 2 is 1.93 bits per heavy atom. The van der Waals surface area contributed by atoms with E-state index in [-0.39, 0.29) is 0 Å². The average Bonchev–Trinajstić information content (AvgIpc) is 2.69. The molecule has 2 saturated carbocycles. The van der Waals surface area contributed by atoms with Gasteiger partial charge in [-0.1, -0.05) is 19.3 Å². The smallest absolute Gasteiger partial charge is 0.0281 e. The van der Waals surface area contributed by atoms with Crippen LogP contribution in [0.4, 0.5) is 0 Å². The molecule has 15 heavy (non-hydrogen) atoms. The second-order valence-electron chi connectivity index (χ2n) is 5.45. The molecule has 0 heterocycles. The first kappa shape index (κ1) is 11.8. The van der Waals surface area contributed by atoms with Crippen molar-refractivity contribution < 1.29 is 0 Å². The number of rotatable bonds is 5. The van der Waals surface area contributed by atoms with Gasteiger partial charge in [-0.15, -0.1) is 0 Å². The van der Waals surface area contributed by atoms with Gasteiger partial charge in [-0.25, -0.2) is 0 Å². The topological polar surface area (TPSA) is 12.0 Å². The number of thioether (sulfide) groups is 1. The molecular formula is C13H25NS. The minimum Gasteiger partial charge on any atom is -0.313 e. The van der Waals surface area contributed by atoms with Crippen LogP contribution < -0.4 is 5.32 Å². The molecule has 1 unspecified atom stereocenters. The molecule has 0 amide bonds. The molecule has 1 nitrogen and oxygen atoms in total. The Morgan fingerprint density at radius 1 is 1.27 bits per heavy atom. The van der Waals surface area contributed by atoms with Crippen LogP contribution in [-0.4, -0.2) is 23.6 Å². The summed E-state index contributed by atoms with van der Waals surface area (Å²) < 4.78 is 0.604. The van der Waals surface area contributed by atoms with Crippen LogP contribution in [0.1, 0.15) is 51.9 Å². The molecule has 1 atom stereocenters. The van der Waals surface area contributed by atoms with E-state index < -0.39 is 0 Å². The molecule has 1 N–H and O–H groups in total. The zero-order valence-electron chi connectivity index (χ0n) is 10.2. The molecule has 0 aliphatic heterocycles. The van der Waals surface area contributed by atoms with Crippen molar-refractivity contribution in [2.24, 2.45) is 5.92 Å². The van der Waals surface area contributed by atoms with Crippen LogP contribution in [0.25, 0.3) is 0 Å². The van der Waals surface area contributed by atoms with Crippen molar-refractivity contribution in [1.29, 1.82) is 0 Å². The summed E-state index contributed by atoms with van der Waals surface area (Å²) in [6.45, 7) is 3.63. The van der Waals surface area contributed by atoms with Crippen LogP contribution in [0.2, 0.25) is 0 Å². The molecule has 0 aromatic heterocycles.